The summed E-state index contributed by atoms with van der Waals surface area (Å²) in [6.45, 7) is 6.37. The van der Waals surface area contributed by atoms with Gasteiger partial charge in [0.2, 0.25) is 0 Å². The molecule has 0 saturated carbocycles. The van der Waals surface area contributed by atoms with Crippen LogP contribution in [0.15, 0.2) is 0 Å². The van der Waals surface area contributed by atoms with E-state index in [1.54, 1.807) is 0 Å². The molecule has 1 fully saturated rings. The number of carbonyl (C=O) groups is 1. The first kappa shape index (κ1) is 49.0. The number of hydrogen-bond donors (Lipinski definition) is 2. The van der Waals surface area contributed by atoms with E-state index >= 15 is 0 Å². The standard InChI is InChI=1S/C12H22O3.C11H24O3.C6H6F8O.CH3F/c1-3-10(2)8-14-9-11-4-5-12(13)15-7-6-11;1-2-3-9-14-10-11(6-8-13)5-4-7-12;7-3-5(10,11)4(8,9)1-2-15-6(12,13)14;1-2/h10-11H,3-9H2,1-2H3;11-13H,2-10H2,1H3;1-3H2;1H3. The molecule has 0 amide bonds. The highest BCUT2D eigenvalue weighted by Gasteiger charge is 2.56. The van der Waals surface area contributed by atoms with Gasteiger partial charge in [0.25, 0.3) is 0 Å². The van der Waals surface area contributed by atoms with E-state index in [1.165, 1.54) is 0 Å². The Morgan fingerprint density at radius 3 is 2.07 bits per heavy atom. The average Bonchev–Trinajstić information content (AvgIpc) is 3.22. The van der Waals surface area contributed by atoms with Crippen molar-refractivity contribution in [3.05, 3.63) is 0 Å². The summed E-state index contributed by atoms with van der Waals surface area (Å²) in [6, 6.07) is 0. The summed E-state index contributed by atoms with van der Waals surface area (Å²) in [7, 11) is 0.500. The summed E-state index contributed by atoms with van der Waals surface area (Å²) in [4.78, 5) is 11.0. The van der Waals surface area contributed by atoms with Crippen LogP contribution in [-0.4, -0.2) is 101 Å². The van der Waals surface area contributed by atoms with Crippen LogP contribution in [0.4, 0.5) is 39.5 Å². The van der Waals surface area contributed by atoms with E-state index in [-0.39, 0.29) is 19.2 Å². The molecule has 280 valence electrons. The van der Waals surface area contributed by atoms with Gasteiger partial charge in [-0.3, -0.25) is 13.9 Å². The molecule has 3 unspecified atom stereocenters. The number of carbonyl (C=O) groups excluding carboxylic acids is 1. The number of unbranched alkanes of at least 4 members (excludes halogenated alkanes) is 1. The van der Waals surface area contributed by atoms with Crippen LogP contribution in [-0.2, 0) is 23.7 Å². The maximum absolute atomic E-state index is 12.3. The number of hydrogen-bond acceptors (Lipinski definition) is 7. The molecule has 2 N–H and O–H groups in total. The van der Waals surface area contributed by atoms with E-state index in [4.69, 9.17) is 24.4 Å². The summed E-state index contributed by atoms with van der Waals surface area (Å²) >= 11 is 0. The highest BCUT2D eigenvalue weighted by Crippen LogP contribution is 2.37. The fraction of sp³-hybridized carbons (Fsp3) is 0.967. The molecule has 0 aliphatic carbocycles. The van der Waals surface area contributed by atoms with Gasteiger partial charge in [-0.05, 0) is 56.3 Å². The van der Waals surface area contributed by atoms with E-state index in [1.807, 2.05) is 0 Å². The maximum atomic E-state index is 12.3. The number of aliphatic hydroxyl groups excluding tert-OH is 2. The van der Waals surface area contributed by atoms with E-state index in [2.05, 4.69) is 25.5 Å². The molecule has 46 heavy (non-hydrogen) atoms. The van der Waals surface area contributed by atoms with E-state index < -0.39 is 37.9 Å². The highest BCUT2D eigenvalue weighted by atomic mass is 19.4. The van der Waals surface area contributed by atoms with Gasteiger partial charge in [-0.25, -0.2) is 4.39 Å². The Bertz CT molecular complexity index is 688. The number of esters is 1. The second-order valence-corrected chi connectivity index (χ2v) is 10.7. The Kier molecular flexibility index (Phi) is 31.7. The molecule has 0 bridgehead atoms. The lowest BCUT2D eigenvalue weighted by atomic mass is 10.0. The first-order chi connectivity index (χ1) is 21.6. The minimum absolute atomic E-state index is 0.0561. The molecule has 3 atom stereocenters. The molecule has 0 radical (unpaired) electrons. The Morgan fingerprint density at radius 1 is 0.891 bits per heavy atom. The van der Waals surface area contributed by atoms with Gasteiger partial charge in [-0.1, -0.05) is 33.6 Å². The van der Waals surface area contributed by atoms with Gasteiger partial charge < -0.3 is 24.4 Å². The molecule has 7 nitrogen and oxygen atoms in total. The van der Waals surface area contributed by atoms with Crippen molar-refractivity contribution in [3.63, 3.8) is 0 Å². The highest BCUT2D eigenvalue weighted by molar-refractivity contribution is 5.69. The van der Waals surface area contributed by atoms with Gasteiger partial charge in [-0.15, -0.1) is 13.2 Å². The number of aliphatic hydroxyl groups is 2. The zero-order valence-electron chi connectivity index (χ0n) is 27.5. The largest absolute Gasteiger partial charge is 0.522 e. The third kappa shape index (κ3) is 28.8. The van der Waals surface area contributed by atoms with Crippen molar-refractivity contribution in [2.24, 2.45) is 17.8 Å². The second kappa shape index (κ2) is 29.8. The summed E-state index contributed by atoms with van der Waals surface area (Å²) < 4.78 is 123. The van der Waals surface area contributed by atoms with Crippen molar-refractivity contribution in [2.75, 3.05) is 66.7 Å². The van der Waals surface area contributed by atoms with Crippen molar-refractivity contribution >= 4 is 5.97 Å². The third-order valence-corrected chi connectivity index (χ3v) is 6.69. The minimum atomic E-state index is -5.18. The van der Waals surface area contributed by atoms with Crippen LogP contribution >= 0.6 is 0 Å². The smallest absolute Gasteiger partial charge is 0.466 e. The molecule has 0 aromatic carbocycles. The third-order valence-electron chi connectivity index (χ3n) is 6.69. The number of alkyl halides is 9. The average molecular weight is 699 g/mol. The summed E-state index contributed by atoms with van der Waals surface area (Å²) in [5.74, 6) is -8.37. The number of halogens is 9. The van der Waals surface area contributed by atoms with E-state index in [0.29, 0.717) is 38.0 Å². The number of ether oxygens (including phenoxy) is 4. The number of cyclic esters (lactones) is 1. The van der Waals surface area contributed by atoms with Crippen LogP contribution in [0.1, 0.15) is 85.0 Å². The van der Waals surface area contributed by atoms with Gasteiger partial charge in [0.1, 0.15) is 0 Å². The topological polar surface area (TPSA) is 94.5 Å². The Labute approximate surface area is 267 Å². The van der Waals surface area contributed by atoms with Crippen LogP contribution in [0, 0.1) is 17.8 Å². The molecule has 1 aliphatic rings. The lowest BCUT2D eigenvalue weighted by molar-refractivity contribution is -0.331. The van der Waals surface area contributed by atoms with Crippen molar-refractivity contribution < 1.29 is 73.5 Å². The van der Waals surface area contributed by atoms with Crippen molar-refractivity contribution in [1.29, 1.82) is 0 Å². The fourth-order valence-corrected chi connectivity index (χ4v) is 3.54. The van der Waals surface area contributed by atoms with Gasteiger partial charge in [-0.2, -0.15) is 17.6 Å². The number of rotatable bonds is 20. The predicted molar refractivity (Wildman–Crippen MR) is 155 cm³/mol. The molecule has 1 saturated heterocycles. The summed E-state index contributed by atoms with van der Waals surface area (Å²) in [5.41, 5.74) is 0. The minimum Gasteiger partial charge on any atom is -0.466 e. The quantitative estimate of drug-likeness (QED) is 0.0765. The zero-order valence-corrected chi connectivity index (χ0v) is 27.5. The normalized spacial score (nSPS) is 16.8. The Morgan fingerprint density at radius 2 is 1.54 bits per heavy atom. The van der Waals surface area contributed by atoms with Crippen molar-refractivity contribution in [1.82, 2.24) is 0 Å². The first-order valence-corrected chi connectivity index (χ1v) is 15.5. The van der Waals surface area contributed by atoms with Crippen molar-refractivity contribution in [3.8, 4) is 0 Å². The summed E-state index contributed by atoms with van der Waals surface area (Å²) in [6.07, 6.45) is 1.28. The summed E-state index contributed by atoms with van der Waals surface area (Å²) in [5, 5.41) is 17.5. The van der Waals surface area contributed by atoms with Gasteiger partial charge in [0.05, 0.1) is 20.4 Å². The van der Waals surface area contributed by atoms with Gasteiger partial charge >= 0.3 is 24.2 Å². The van der Waals surface area contributed by atoms with E-state index in [0.717, 1.165) is 77.8 Å². The fourth-order valence-electron chi connectivity index (χ4n) is 3.54. The van der Waals surface area contributed by atoms with Crippen LogP contribution < -0.4 is 0 Å². The zero-order chi connectivity index (χ0) is 36.1. The van der Waals surface area contributed by atoms with Crippen LogP contribution in [0.5, 0.6) is 0 Å². The molecular formula is C30H55F9O7. The predicted octanol–water partition coefficient (Wildman–Crippen LogP) is 7.71. The lowest BCUT2D eigenvalue weighted by Crippen LogP contribution is -2.43. The maximum Gasteiger partial charge on any atom is 0.522 e. The molecule has 0 aromatic heterocycles. The molecule has 0 spiro atoms. The molecule has 1 heterocycles. The molecule has 0 aromatic rings. The van der Waals surface area contributed by atoms with E-state index in [9.17, 15) is 44.3 Å². The molecule has 1 aliphatic heterocycles. The second-order valence-electron chi connectivity index (χ2n) is 10.7. The SMILES string of the molecule is CCC(C)COCC1CCOC(=O)CC1.CCCCOCC(CCO)CCCO.CF.FCC(F)(F)C(F)(F)CCOC(F)(F)F. The monoisotopic (exact) mass is 698 g/mol. The lowest BCUT2D eigenvalue weighted by Gasteiger charge is -2.23. The first-order valence-electron chi connectivity index (χ1n) is 15.5. The van der Waals surface area contributed by atoms with Gasteiger partial charge in [0.15, 0.2) is 6.67 Å². The van der Waals surface area contributed by atoms with Gasteiger partial charge in [0, 0.05) is 52.5 Å². The molecule has 1 rings (SSSR count). The Balaban J connectivity index is -0.000000587. The van der Waals surface area contributed by atoms with Crippen molar-refractivity contribution in [2.45, 2.75) is 103 Å². The molecule has 16 heteroatoms. The molecular weight excluding hydrogens is 643 g/mol. The van der Waals surface area contributed by atoms with Crippen LogP contribution in [0.2, 0.25) is 0 Å². The van der Waals surface area contributed by atoms with Crippen LogP contribution in [0.25, 0.3) is 0 Å². The Hall–Kier alpha value is -1.36. The van der Waals surface area contributed by atoms with Crippen LogP contribution in [0.3, 0.4) is 0 Å².